The van der Waals surface area contributed by atoms with Gasteiger partial charge >= 0.3 is 0 Å². The van der Waals surface area contributed by atoms with E-state index in [2.05, 4.69) is 0 Å². The van der Waals surface area contributed by atoms with Gasteiger partial charge in [-0.2, -0.15) is 0 Å². The van der Waals surface area contributed by atoms with E-state index in [-0.39, 0.29) is 17.6 Å². The SMILES string of the molecule is CN1CCC[C@@]2(CCN(C(=O)c3cc4cc(F)ccc4n3C)C2)C1=O. The standard InChI is InChI=1S/C19H22FN3O2/c1-21-8-3-6-19(18(21)25)7-9-23(12-19)17(24)16-11-13-10-14(20)4-5-15(13)22(16)2/h4-5,10-11H,3,6-9,12H2,1-2H3/t19-/m0/s1. The van der Waals surface area contributed by atoms with Crippen molar-refractivity contribution in [1.29, 1.82) is 0 Å². The summed E-state index contributed by atoms with van der Waals surface area (Å²) in [5, 5.41) is 0.716. The van der Waals surface area contributed by atoms with Crippen LogP contribution in [0.3, 0.4) is 0 Å². The van der Waals surface area contributed by atoms with Gasteiger partial charge < -0.3 is 14.4 Å². The summed E-state index contributed by atoms with van der Waals surface area (Å²) in [7, 11) is 3.66. The normalized spacial score (nSPS) is 23.9. The highest BCUT2D eigenvalue weighted by Crippen LogP contribution is 2.40. The molecule has 2 fully saturated rings. The molecular formula is C19H22FN3O2. The average molecular weight is 343 g/mol. The van der Waals surface area contributed by atoms with Gasteiger partial charge in [0.1, 0.15) is 11.5 Å². The monoisotopic (exact) mass is 343 g/mol. The van der Waals surface area contributed by atoms with Crippen molar-refractivity contribution in [2.24, 2.45) is 12.5 Å². The molecule has 2 aliphatic rings. The number of aryl methyl sites for hydroxylation is 1. The van der Waals surface area contributed by atoms with Gasteiger partial charge in [-0.25, -0.2) is 4.39 Å². The van der Waals surface area contributed by atoms with Crippen molar-refractivity contribution in [3.05, 3.63) is 35.8 Å². The zero-order valence-electron chi connectivity index (χ0n) is 14.6. The van der Waals surface area contributed by atoms with Crippen LogP contribution in [0.5, 0.6) is 0 Å². The fourth-order valence-electron chi connectivity index (χ4n) is 4.38. The summed E-state index contributed by atoms with van der Waals surface area (Å²) in [6.45, 7) is 1.86. The fourth-order valence-corrected chi connectivity index (χ4v) is 4.38. The zero-order chi connectivity index (χ0) is 17.8. The second-order valence-electron chi connectivity index (χ2n) is 7.38. The summed E-state index contributed by atoms with van der Waals surface area (Å²) in [5.41, 5.74) is 0.945. The predicted molar refractivity (Wildman–Crippen MR) is 92.7 cm³/mol. The average Bonchev–Trinajstić information content (AvgIpc) is 3.15. The number of likely N-dealkylation sites (tertiary alicyclic amines) is 2. The molecule has 2 amide bonds. The smallest absolute Gasteiger partial charge is 0.270 e. The second-order valence-corrected chi connectivity index (χ2v) is 7.38. The lowest BCUT2D eigenvalue weighted by Gasteiger charge is -2.37. The van der Waals surface area contributed by atoms with Gasteiger partial charge in [0.15, 0.2) is 0 Å². The molecule has 3 heterocycles. The number of nitrogens with zero attached hydrogens (tertiary/aromatic N) is 3. The molecule has 1 atom stereocenters. The molecule has 1 aromatic carbocycles. The molecule has 4 rings (SSSR count). The molecule has 6 heteroatoms. The number of hydrogen-bond donors (Lipinski definition) is 0. The molecule has 132 valence electrons. The first-order valence-corrected chi connectivity index (χ1v) is 8.71. The lowest BCUT2D eigenvalue weighted by atomic mass is 9.78. The molecule has 2 aliphatic heterocycles. The third kappa shape index (κ3) is 2.42. The van der Waals surface area contributed by atoms with E-state index in [0.717, 1.165) is 31.3 Å². The van der Waals surface area contributed by atoms with Crippen LogP contribution in [0.15, 0.2) is 24.3 Å². The van der Waals surface area contributed by atoms with Crippen molar-refractivity contribution in [2.45, 2.75) is 19.3 Å². The molecular weight excluding hydrogens is 321 g/mol. The molecule has 0 N–H and O–H groups in total. The number of fused-ring (bicyclic) bond motifs is 1. The van der Waals surface area contributed by atoms with Gasteiger partial charge in [-0.1, -0.05) is 0 Å². The Labute approximate surface area is 146 Å². The Morgan fingerprint density at radius 2 is 1.96 bits per heavy atom. The van der Waals surface area contributed by atoms with Crippen LogP contribution in [0.2, 0.25) is 0 Å². The summed E-state index contributed by atoms with van der Waals surface area (Å²) in [6, 6.07) is 6.27. The largest absolute Gasteiger partial charge is 0.345 e. The molecule has 0 bridgehead atoms. The number of carbonyl (C=O) groups excluding carboxylic acids is 2. The first-order chi connectivity index (χ1) is 11.9. The van der Waals surface area contributed by atoms with Crippen LogP contribution in [0.1, 0.15) is 29.8 Å². The Balaban J connectivity index is 1.62. The highest BCUT2D eigenvalue weighted by Gasteiger charge is 2.48. The third-order valence-electron chi connectivity index (χ3n) is 5.81. The van der Waals surface area contributed by atoms with Crippen LogP contribution >= 0.6 is 0 Å². The van der Waals surface area contributed by atoms with Crippen molar-refractivity contribution in [3.63, 3.8) is 0 Å². The van der Waals surface area contributed by atoms with E-state index in [1.165, 1.54) is 12.1 Å². The van der Waals surface area contributed by atoms with E-state index in [4.69, 9.17) is 0 Å². The molecule has 0 aliphatic carbocycles. The minimum atomic E-state index is -0.417. The summed E-state index contributed by atoms with van der Waals surface area (Å²) < 4.78 is 15.3. The van der Waals surface area contributed by atoms with Crippen LogP contribution in [0.4, 0.5) is 4.39 Å². The maximum Gasteiger partial charge on any atom is 0.270 e. The Morgan fingerprint density at radius 3 is 2.76 bits per heavy atom. The second kappa shape index (κ2) is 5.58. The van der Waals surface area contributed by atoms with E-state index in [1.807, 2.05) is 14.1 Å². The Kier molecular flexibility index (Phi) is 3.60. The minimum Gasteiger partial charge on any atom is -0.345 e. The van der Waals surface area contributed by atoms with Crippen molar-refractivity contribution in [1.82, 2.24) is 14.4 Å². The number of hydrogen-bond acceptors (Lipinski definition) is 2. The Hall–Kier alpha value is -2.37. The molecule has 5 nitrogen and oxygen atoms in total. The number of rotatable bonds is 1. The first-order valence-electron chi connectivity index (χ1n) is 8.71. The topological polar surface area (TPSA) is 45.5 Å². The van der Waals surface area contributed by atoms with Gasteiger partial charge in [-0.15, -0.1) is 0 Å². The van der Waals surface area contributed by atoms with Crippen molar-refractivity contribution in [2.75, 3.05) is 26.7 Å². The van der Waals surface area contributed by atoms with Gasteiger partial charge in [-0.3, -0.25) is 9.59 Å². The number of halogens is 1. The van der Waals surface area contributed by atoms with Crippen LogP contribution in [0.25, 0.3) is 10.9 Å². The van der Waals surface area contributed by atoms with Gasteiger partial charge in [0.2, 0.25) is 5.91 Å². The molecule has 0 unspecified atom stereocenters. The summed E-state index contributed by atoms with van der Waals surface area (Å²) >= 11 is 0. The van der Waals surface area contributed by atoms with Crippen LogP contribution in [0, 0.1) is 11.2 Å². The molecule has 2 aromatic rings. The van der Waals surface area contributed by atoms with Gasteiger partial charge in [-0.05, 0) is 43.5 Å². The number of piperidine rings is 1. The number of carbonyl (C=O) groups is 2. The van der Waals surface area contributed by atoms with Crippen molar-refractivity contribution in [3.8, 4) is 0 Å². The first kappa shape index (κ1) is 16.1. The third-order valence-corrected chi connectivity index (χ3v) is 5.81. The van der Waals surface area contributed by atoms with Crippen LogP contribution in [-0.4, -0.2) is 52.9 Å². The molecule has 1 spiro atoms. The Bertz CT molecular complexity index is 875. The summed E-state index contributed by atoms with van der Waals surface area (Å²) in [4.78, 5) is 29.2. The number of amides is 2. The fraction of sp³-hybridized carbons (Fsp3) is 0.474. The van der Waals surface area contributed by atoms with E-state index in [0.29, 0.717) is 24.2 Å². The van der Waals surface area contributed by atoms with Crippen LogP contribution in [-0.2, 0) is 11.8 Å². The lowest BCUT2D eigenvalue weighted by molar-refractivity contribution is -0.143. The molecule has 25 heavy (non-hydrogen) atoms. The quantitative estimate of drug-likeness (QED) is 0.798. The number of aromatic nitrogens is 1. The lowest BCUT2D eigenvalue weighted by Crippen LogP contribution is -2.48. The summed E-state index contributed by atoms with van der Waals surface area (Å²) in [6.07, 6.45) is 2.55. The molecule has 0 radical (unpaired) electrons. The van der Waals surface area contributed by atoms with E-state index >= 15 is 0 Å². The maximum atomic E-state index is 13.5. The highest BCUT2D eigenvalue weighted by atomic mass is 19.1. The predicted octanol–water partition coefficient (Wildman–Crippen LogP) is 2.40. The summed E-state index contributed by atoms with van der Waals surface area (Å²) in [5.74, 6) is -0.238. The maximum absolute atomic E-state index is 13.5. The highest BCUT2D eigenvalue weighted by molar-refractivity contribution is 5.99. The molecule has 2 saturated heterocycles. The van der Waals surface area contributed by atoms with Gasteiger partial charge in [0.25, 0.3) is 5.91 Å². The van der Waals surface area contributed by atoms with Crippen LogP contribution < -0.4 is 0 Å². The van der Waals surface area contributed by atoms with Gasteiger partial charge in [0.05, 0.1) is 5.41 Å². The van der Waals surface area contributed by atoms with E-state index in [9.17, 15) is 14.0 Å². The van der Waals surface area contributed by atoms with Gasteiger partial charge in [0, 0.05) is 44.6 Å². The van der Waals surface area contributed by atoms with E-state index in [1.54, 1.807) is 26.5 Å². The zero-order valence-corrected chi connectivity index (χ0v) is 14.6. The molecule has 1 aromatic heterocycles. The number of benzene rings is 1. The van der Waals surface area contributed by atoms with E-state index < -0.39 is 5.41 Å². The Morgan fingerprint density at radius 1 is 1.16 bits per heavy atom. The van der Waals surface area contributed by atoms with Crippen molar-refractivity contribution >= 4 is 22.7 Å². The molecule has 0 saturated carbocycles. The minimum absolute atomic E-state index is 0.0861. The van der Waals surface area contributed by atoms with Crippen molar-refractivity contribution < 1.29 is 14.0 Å².